The Bertz CT molecular complexity index is 525. The first-order valence-corrected chi connectivity index (χ1v) is 5.55. The first-order valence-electron chi connectivity index (χ1n) is 5.55. The number of benzene rings is 1. The minimum atomic E-state index is -0.513. The van der Waals surface area contributed by atoms with Crippen LogP contribution < -0.4 is 4.74 Å². The van der Waals surface area contributed by atoms with Crippen LogP contribution in [0.25, 0.3) is 0 Å². The van der Waals surface area contributed by atoms with Gasteiger partial charge in [-0.1, -0.05) is 17.7 Å². The molecule has 18 heavy (non-hydrogen) atoms. The van der Waals surface area contributed by atoms with Gasteiger partial charge >= 0.3 is 5.97 Å². The molecule has 0 N–H and O–H groups in total. The molecule has 0 amide bonds. The van der Waals surface area contributed by atoms with Gasteiger partial charge in [0.1, 0.15) is 18.1 Å². The fourth-order valence-corrected chi connectivity index (χ4v) is 1.47. The van der Waals surface area contributed by atoms with Gasteiger partial charge in [-0.3, -0.25) is 0 Å². The molecule has 0 radical (unpaired) electrons. The molecule has 1 aromatic carbocycles. The van der Waals surface area contributed by atoms with Gasteiger partial charge in [0.2, 0.25) is 5.76 Å². The molecule has 2 aromatic rings. The highest BCUT2D eigenvalue weighted by Gasteiger charge is 2.13. The molecule has 94 valence electrons. The lowest BCUT2D eigenvalue weighted by Gasteiger charge is -2.02. The van der Waals surface area contributed by atoms with E-state index in [2.05, 4.69) is 0 Å². The second kappa shape index (κ2) is 5.51. The van der Waals surface area contributed by atoms with Gasteiger partial charge in [0.15, 0.2) is 0 Å². The Morgan fingerprint density at radius 1 is 1.17 bits per heavy atom. The van der Waals surface area contributed by atoms with E-state index in [1.165, 1.54) is 0 Å². The van der Waals surface area contributed by atoms with E-state index in [0.29, 0.717) is 18.1 Å². The molecule has 0 saturated carbocycles. The van der Waals surface area contributed by atoms with Crippen molar-refractivity contribution in [1.82, 2.24) is 0 Å². The highest BCUT2D eigenvalue weighted by Crippen LogP contribution is 2.15. The molecule has 1 heterocycles. The number of esters is 1. The van der Waals surface area contributed by atoms with Crippen LogP contribution in [-0.2, 0) is 11.3 Å². The SMILES string of the molecule is COCc1ccc(C(=O)Oc2ccc(C)cc2)o1. The fraction of sp³-hybridized carbons (Fsp3) is 0.214. The molecule has 0 saturated heterocycles. The predicted octanol–water partition coefficient (Wildman–Crippen LogP) is 2.95. The molecule has 4 heteroatoms. The zero-order chi connectivity index (χ0) is 13.0. The van der Waals surface area contributed by atoms with E-state index in [1.54, 1.807) is 31.4 Å². The van der Waals surface area contributed by atoms with Gasteiger partial charge in [0.05, 0.1) is 0 Å². The minimum Gasteiger partial charge on any atom is -0.452 e. The van der Waals surface area contributed by atoms with Crippen molar-refractivity contribution in [2.75, 3.05) is 7.11 Å². The summed E-state index contributed by atoms with van der Waals surface area (Å²) in [5.41, 5.74) is 1.11. The number of carbonyl (C=O) groups is 1. The summed E-state index contributed by atoms with van der Waals surface area (Å²) in [6.07, 6.45) is 0. The van der Waals surface area contributed by atoms with Crippen LogP contribution >= 0.6 is 0 Å². The maximum Gasteiger partial charge on any atom is 0.379 e. The molecule has 0 bridgehead atoms. The van der Waals surface area contributed by atoms with Crippen LogP contribution in [0.1, 0.15) is 21.9 Å². The average molecular weight is 246 g/mol. The van der Waals surface area contributed by atoms with Gasteiger partial charge in [-0.25, -0.2) is 4.79 Å². The van der Waals surface area contributed by atoms with Crippen molar-refractivity contribution in [1.29, 1.82) is 0 Å². The third-order valence-corrected chi connectivity index (χ3v) is 2.38. The monoisotopic (exact) mass is 246 g/mol. The largest absolute Gasteiger partial charge is 0.452 e. The van der Waals surface area contributed by atoms with Crippen LogP contribution in [0.5, 0.6) is 5.75 Å². The van der Waals surface area contributed by atoms with Crippen LogP contribution in [-0.4, -0.2) is 13.1 Å². The highest BCUT2D eigenvalue weighted by molar-refractivity contribution is 5.88. The maximum atomic E-state index is 11.8. The molecule has 1 aromatic heterocycles. The standard InChI is InChI=1S/C14H14O4/c1-10-3-5-11(6-4-10)18-14(15)13-8-7-12(17-13)9-16-2/h3-8H,9H2,1-2H3. The zero-order valence-electron chi connectivity index (χ0n) is 10.3. The molecule has 0 aliphatic rings. The number of carbonyl (C=O) groups excluding carboxylic acids is 1. The summed E-state index contributed by atoms with van der Waals surface area (Å²) in [7, 11) is 1.56. The molecule has 2 rings (SSSR count). The first kappa shape index (κ1) is 12.4. The van der Waals surface area contributed by atoms with Crippen LogP contribution in [0, 0.1) is 6.92 Å². The van der Waals surface area contributed by atoms with Crippen molar-refractivity contribution in [3.8, 4) is 5.75 Å². The van der Waals surface area contributed by atoms with Gasteiger partial charge in [0.25, 0.3) is 0 Å². The minimum absolute atomic E-state index is 0.169. The van der Waals surface area contributed by atoms with Crippen molar-refractivity contribution in [2.24, 2.45) is 0 Å². The summed E-state index contributed by atoms with van der Waals surface area (Å²) < 4.78 is 15.4. The van der Waals surface area contributed by atoms with E-state index in [0.717, 1.165) is 5.56 Å². The Balaban J connectivity index is 2.04. The van der Waals surface area contributed by atoms with Crippen molar-refractivity contribution in [2.45, 2.75) is 13.5 Å². The number of rotatable bonds is 4. The number of aryl methyl sites for hydroxylation is 1. The van der Waals surface area contributed by atoms with E-state index in [1.807, 2.05) is 19.1 Å². The van der Waals surface area contributed by atoms with E-state index in [-0.39, 0.29) is 5.76 Å². The predicted molar refractivity (Wildman–Crippen MR) is 65.6 cm³/mol. The molecule has 0 aliphatic heterocycles. The number of hydrogen-bond acceptors (Lipinski definition) is 4. The van der Waals surface area contributed by atoms with Gasteiger partial charge in [0, 0.05) is 7.11 Å². The van der Waals surface area contributed by atoms with Crippen LogP contribution in [0.3, 0.4) is 0 Å². The Morgan fingerprint density at radius 2 is 1.89 bits per heavy atom. The van der Waals surface area contributed by atoms with Crippen LogP contribution in [0.15, 0.2) is 40.8 Å². The lowest BCUT2D eigenvalue weighted by atomic mass is 10.2. The molecule has 4 nitrogen and oxygen atoms in total. The number of hydrogen-bond donors (Lipinski definition) is 0. The average Bonchev–Trinajstić information content (AvgIpc) is 2.81. The fourth-order valence-electron chi connectivity index (χ4n) is 1.47. The van der Waals surface area contributed by atoms with Crippen molar-refractivity contribution in [3.05, 3.63) is 53.5 Å². The second-order valence-electron chi connectivity index (χ2n) is 3.90. The van der Waals surface area contributed by atoms with Crippen molar-refractivity contribution >= 4 is 5.97 Å². The molecule has 0 fully saturated rings. The summed E-state index contributed by atoms with van der Waals surface area (Å²) in [6.45, 7) is 2.30. The summed E-state index contributed by atoms with van der Waals surface area (Å²) in [5, 5.41) is 0. The summed E-state index contributed by atoms with van der Waals surface area (Å²) in [6, 6.07) is 10.5. The number of ether oxygens (including phenoxy) is 2. The summed E-state index contributed by atoms with van der Waals surface area (Å²) in [4.78, 5) is 11.8. The normalized spacial score (nSPS) is 10.3. The molecule has 0 unspecified atom stereocenters. The molecule has 0 atom stereocenters. The number of methoxy groups -OCH3 is 1. The smallest absolute Gasteiger partial charge is 0.379 e. The highest BCUT2D eigenvalue weighted by atomic mass is 16.5. The Kier molecular flexibility index (Phi) is 3.79. The van der Waals surface area contributed by atoms with Crippen molar-refractivity contribution < 1.29 is 18.7 Å². The van der Waals surface area contributed by atoms with E-state index < -0.39 is 5.97 Å². The van der Waals surface area contributed by atoms with Crippen LogP contribution in [0.2, 0.25) is 0 Å². The van der Waals surface area contributed by atoms with Crippen molar-refractivity contribution in [3.63, 3.8) is 0 Å². The second-order valence-corrected chi connectivity index (χ2v) is 3.90. The van der Waals surface area contributed by atoms with Gasteiger partial charge in [-0.15, -0.1) is 0 Å². The first-order chi connectivity index (χ1) is 8.69. The lowest BCUT2D eigenvalue weighted by molar-refractivity contribution is 0.0693. The Hall–Kier alpha value is -2.07. The van der Waals surface area contributed by atoms with Gasteiger partial charge < -0.3 is 13.9 Å². The molecular weight excluding hydrogens is 232 g/mol. The quantitative estimate of drug-likeness (QED) is 0.614. The Labute approximate surface area is 105 Å². The zero-order valence-corrected chi connectivity index (χ0v) is 10.3. The number of furan rings is 1. The summed E-state index contributed by atoms with van der Waals surface area (Å²) >= 11 is 0. The Morgan fingerprint density at radius 3 is 2.56 bits per heavy atom. The molecule has 0 aliphatic carbocycles. The molecular formula is C14H14O4. The molecule has 0 spiro atoms. The maximum absolute atomic E-state index is 11.8. The third kappa shape index (κ3) is 2.99. The van der Waals surface area contributed by atoms with E-state index in [9.17, 15) is 4.79 Å². The summed E-state index contributed by atoms with van der Waals surface area (Å²) in [5.74, 6) is 0.743. The van der Waals surface area contributed by atoms with Crippen LogP contribution in [0.4, 0.5) is 0 Å². The van der Waals surface area contributed by atoms with E-state index >= 15 is 0 Å². The van der Waals surface area contributed by atoms with Gasteiger partial charge in [-0.05, 0) is 31.2 Å². The van der Waals surface area contributed by atoms with Gasteiger partial charge in [-0.2, -0.15) is 0 Å². The lowest BCUT2D eigenvalue weighted by Crippen LogP contribution is -2.07. The van der Waals surface area contributed by atoms with E-state index in [4.69, 9.17) is 13.9 Å². The third-order valence-electron chi connectivity index (χ3n) is 2.38. The topological polar surface area (TPSA) is 48.7 Å².